The highest BCUT2D eigenvalue weighted by molar-refractivity contribution is 6.34. The Bertz CT molecular complexity index is 783. The summed E-state index contributed by atoms with van der Waals surface area (Å²) in [6, 6.07) is 6.97. The van der Waals surface area contributed by atoms with Gasteiger partial charge < -0.3 is 15.3 Å². The van der Waals surface area contributed by atoms with Crippen LogP contribution in [0.2, 0.25) is 5.02 Å². The van der Waals surface area contributed by atoms with Crippen LogP contribution in [0.4, 0.5) is 5.69 Å². The number of pyridine rings is 1. The Morgan fingerprint density at radius 2 is 2.00 bits per heavy atom. The number of hydrogen-bond donors (Lipinski definition) is 1. The molecule has 0 spiro atoms. The molecule has 2 aromatic rings. The molecule has 0 aliphatic carbocycles. The number of carbonyl (C=O) groups is 1. The number of carbonyl (C=O) groups excluding carboxylic acids is 1. The van der Waals surface area contributed by atoms with Crippen molar-refractivity contribution in [3.63, 3.8) is 0 Å². The average Bonchev–Trinajstić information content (AvgIpc) is 2.54. The molecule has 0 fully saturated rings. The number of aromatic nitrogens is 1. The number of rotatable bonds is 5. The van der Waals surface area contributed by atoms with E-state index in [4.69, 9.17) is 16.3 Å². The van der Waals surface area contributed by atoms with E-state index in [1.165, 1.54) is 0 Å². The second-order valence-electron chi connectivity index (χ2n) is 6.50. The van der Waals surface area contributed by atoms with Crippen molar-refractivity contribution in [2.45, 2.75) is 34.6 Å². The summed E-state index contributed by atoms with van der Waals surface area (Å²) in [5.74, 6) is 0.275. The second kappa shape index (κ2) is 7.74. The van der Waals surface area contributed by atoms with E-state index in [2.05, 4.69) is 5.32 Å². The number of ether oxygens (including phenoxy) is 1. The van der Waals surface area contributed by atoms with E-state index in [0.717, 1.165) is 10.3 Å². The highest BCUT2D eigenvalue weighted by atomic mass is 35.5. The van der Waals surface area contributed by atoms with Crippen LogP contribution in [-0.2, 0) is 0 Å². The first-order valence-electron chi connectivity index (χ1n) is 8.15. The molecule has 1 aromatic heterocycles. The molecule has 0 saturated heterocycles. The number of benzene rings is 1. The third-order valence-electron chi connectivity index (χ3n) is 3.83. The Kier molecular flexibility index (Phi) is 5.90. The highest BCUT2D eigenvalue weighted by Gasteiger charge is 2.25. The molecule has 1 amide bonds. The number of anilines is 1. The van der Waals surface area contributed by atoms with Crippen molar-refractivity contribution in [2.75, 3.05) is 11.9 Å². The molecule has 1 heterocycles. The fourth-order valence-corrected chi connectivity index (χ4v) is 2.75. The summed E-state index contributed by atoms with van der Waals surface area (Å²) in [7, 11) is 0. The van der Waals surface area contributed by atoms with Gasteiger partial charge in [-0.25, -0.2) is 0 Å². The van der Waals surface area contributed by atoms with Gasteiger partial charge in [-0.3, -0.25) is 4.79 Å². The van der Waals surface area contributed by atoms with Crippen LogP contribution in [-0.4, -0.2) is 12.5 Å². The van der Waals surface area contributed by atoms with Gasteiger partial charge >= 0.3 is 0 Å². The number of nitrogens with one attached hydrogen (secondary N) is 1. The van der Waals surface area contributed by atoms with Crippen LogP contribution in [0.25, 0.3) is 0 Å². The van der Waals surface area contributed by atoms with Crippen molar-refractivity contribution >= 4 is 23.2 Å². The number of aryl methyl sites for hydroxylation is 2. The molecule has 25 heavy (non-hydrogen) atoms. The number of amides is 1. The minimum Gasteiger partial charge on any atom is -0.618 e. The standard InChI is InChI=1S/C19H23ClN2O3/c1-11(2)10-25-16-9-13(4)22(24)14(5)17(16)19(23)21-18-12(3)7-6-8-15(18)20/h6-9,11H,10H2,1-5H3,(H,21,23). The smallest absolute Gasteiger partial charge is 0.265 e. The molecule has 1 aromatic carbocycles. The zero-order valence-corrected chi connectivity index (χ0v) is 15.9. The minimum atomic E-state index is -0.419. The molecular formula is C19H23ClN2O3. The van der Waals surface area contributed by atoms with Gasteiger partial charge in [0.15, 0.2) is 5.69 Å². The lowest BCUT2D eigenvalue weighted by molar-refractivity contribution is -0.619. The van der Waals surface area contributed by atoms with Gasteiger partial charge in [0, 0.05) is 19.9 Å². The van der Waals surface area contributed by atoms with Gasteiger partial charge in [-0.05, 0) is 24.5 Å². The summed E-state index contributed by atoms with van der Waals surface area (Å²) in [6.07, 6.45) is 0. The highest BCUT2D eigenvalue weighted by Crippen LogP contribution is 2.28. The maximum absolute atomic E-state index is 12.9. The van der Waals surface area contributed by atoms with Crippen molar-refractivity contribution in [1.82, 2.24) is 0 Å². The van der Waals surface area contributed by atoms with Crippen molar-refractivity contribution in [1.29, 1.82) is 0 Å². The molecule has 134 valence electrons. The first kappa shape index (κ1) is 19.1. The molecule has 0 unspecified atom stereocenters. The van der Waals surface area contributed by atoms with Crippen LogP contribution < -0.4 is 14.8 Å². The lowest BCUT2D eigenvalue weighted by Gasteiger charge is -2.17. The third kappa shape index (κ3) is 4.23. The Morgan fingerprint density at radius 1 is 1.32 bits per heavy atom. The van der Waals surface area contributed by atoms with Gasteiger partial charge in [0.05, 0.1) is 17.3 Å². The summed E-state index contributed by atoms with van der Waals surface area (Å²) in [6.45, 7) is 9.63. The molecule has 0 atom stereocenters. The fourth-order valence-electron chi connectivity index (χ4n) is 2.48. The number of para-hydroxylation sites is 1. The number of nitrogens with zero attached hydrogens (tertiary/aromatic N) is 1. The van der Waals surface area contributed by atoms with Crippen LogP contribution >= 0.6 is 11.6 Å². The van der Waals surface area contributed by atoms with Crippen LogP contribution in [0.5, 0.6) is 5.75 Å². The van der Waals surface area contributed by atoms with E-state index < -0.39 is 5.91 Å². The zero-order valence-electron chi connectivity index (χ0n) is 15.1. The monoisotopic (exact) mass is 362 g/mol. The van der Waals surface area contributed by atoms with E-state index in [-0.39, 0.29) is 5.56 Å². The summed E-state index contributed by atoms with van der Waals surface area (Å²) in [5.41, 5.74) is 2.36. The lowest BCUT2D eigenvalue weighted by atomic mass is 10.1. The van der Waals surface area contributed by atoms with Gasteiger partial charge in [0.1, 0.15) is 11.3 Å². The maximum atomic E-state index is 12.9. The van der Waals surface area contributed by atoms with Crippen molar-refractivity contribution in [2.24, 2.45) is 5.92 Å². The summed E-state index contributed by atoms with van der Waals surface area (Å²) in [4.78, 5) is 12.9. The lowest BCUT2D eigenvalue weighted by Crippen LogP contribution is -2.37. The Morgan fingerprint density at radius 3 is 2.60 bits per heavy atom. The topological polar surface area (TPSA) is 65.3 Å². The molecule has 0 aliphatic heterocycles. The molecule has 6 heteroatoms. The molecular weight excluding hydrogens is 340 g/mol. The summed E-state index contributed by atoms with van der Waals surface area (Å²) >= 11 is 6.19. The Labute approximate surface area is 153 Å². The molecule has 0 aliphatic rings. The number of hydrogen-bond acceptors (Lipinski definition) is 3. The molecule has 5 nitrogen and oxygen atoms in total. The predicted molar refractivity (Wildman–Crippen MR) is 99.4 cm³/mol. The quantitative estimate of drug-likeness (QED) is 0.640. The van der Waals surface area contributed by atoms with Gasteiger partial charge in [-0.2, -0.15) is 4.73 Å². The first-order valence-corrected chi connectivity index (χ1v) is 8.53. The summed E-state index contributed by atoms with van der Waals surface area (Å²) in [5, 5.41) is 15.5. The van der Waals surface area contributed by atoms with E-state index in [9.17, 15) is 10.0 Å². The largest absolute Gasteiger partial charge is 0.618 e. The fraction of sp³-hybridized carbons (Fsp3) is 0.368. The minimum absolute atomic E-state index is 0.223. The van der Waals surface area contributed by atoms with Gasteiger partial charge in [0.25, 0.3) is 5.91 Å². The molecule has 0 radical (unpaired) electrons. The van der Waals surface area contributed by atoms with Crippen molar-refractivity contribution < 1.29 is 14.3 Å². The van der Waals surface area contributed by atoms with Gasteiger partial charge in [0.2, 0.25) is 5.69 Å². The molecule has 1 N–H and O–H groups in total. The average molecular weight is 363 g/mol. The van der Waals surface area contributed by atoms with Gasteiger partial charge in [-0.1, -0.05) is 37.6 Å². The third-order valence-corrected chi connectivity index (χ3v) is 4.15. The van der Waals surface area contributed by atoms with Crippen LogP contribution in [0.3, 0.4) is 0 Å². The van der Waals surface area contributed by atoms with Crippen LogP contribution in [0.15, 0.2) is 24.3 Å². The molecule has 0 saturated carbocycles. The van der Waals surface area contributed by atoms with Crippen molar-refractivity contribution in [3.05, 3.63) is 57.0 Å². The molecule has 2 rings (SSSR count). The van der Waals surface area contributed by atoms with Crippen LogP contribution in [0, 0.1) is 31.9 Å². The normalized spacial score (nSPS) is 10.8. The SMILES string of the molecule is Cc1cccc(Cl)c1NC(=O)c1c(OCC(C)C)cc(C)[n+]([O-])c1C. The number of halogens is 1. The predicted octanol–water partition coefficient (Wildman–Crippen LogP) is 4.19. The molecule has 0 bridgehead atoms. The zero-order chi connectivity index (χ0) is 18.7. The Hall–Kier alpha value is -2.27. The van der Waals surface area contributed by atoms with Crippen LogP contribution in [0.1, 0.15) is 41.2 Å². The van der Waals surface area contributed by atoms with Crippen molar-refractivity contribution in [3.8, 4) is 5.75 Å². The van der Waals surface area contributed by atoms with Gasteiger partial charge in [-0.15, -0.1) is 0 Å². The summed E-state index contributed by atoms with van der Waals surface area (Å²) < 4.78 is 6.52. The maximum Gasteiger partial charge on any atom is 0.265 e. The second-order valence-corrected chi connectivity index (χ2v) is 6.90. The first-order chi connectivity index (χ1) is 11.7. The Balaban J connectivity index is 2.45. The van der Waals surface area contributed by atoms with E-state index >= 15 is 0 Å². The van der Waals surface area contributed by atoms with E-state index in [1.54, 1.807) is 26.0 Å². The van der Waals surface area contributed by atoms with E-state index in [0.29, 0.717) is 40.4 Å². The van der Waals surface area contributed by atoms with E-state index in [1.807, 2.05) is 32.9 Å².